The zero-order valence-corrected chi connectivity index (χ0v) is 29.4. The first-order valence-corrected chi connectivity index (χ1v) is 15.7. The van der Waals surface area contributed by atoms with Crippen LogP contribution in [0.15, 0.2) is 24.3 Å². The summed E-state index contributed by atoms with van der Waals surface area (Å²) in [5.41, 5.74) is 8.37. The second kappa shape index (κ2) is 13.4. The Balaban J connectivity index is 2.41. The van der Waals surface area contributed by atoms with Crippen molar-refractivity contribution >= 4 is 23.6 Å². The van der Waals surface area contributed by atoms with Gasteiger partial charge in [-0.1, -0.05) is 107 Å². The summed E-state index contributed by atoms with van der Waals surface area (Å²) >= 11 is 0. The van der Waals surface area contributed by atoms with Gasteiger partial charge >= 0.3 is 0 Å². The molecule has 8 heteroatoms. The zero-order chi connectivity index (χ0) is 34.9. The number of primary amides is 1. The van der Waals surface area contributed by atoms with Gasteiger partial charge in [-0.15, -0.1) is 0 Å². The Bertz CT molecular complexity index is 1290. The van der Waals surface area contributed by atoms with Crippen molar-refractivity contribution in [1.29, 1.82) is 0 Å². The number of phenolic OH excluding ortho intramolecular Hbond substituents is 2. The SMILES string of the molecule is CC(C)(C)c1cc(CCC(=O)N(C(=O)CCc2cc(C(C)(C)C)c(O)c(C(C)(C)C)c2)C(=O)CC(N)=O)cc(C(C)(C)C)c1O. The summed E-state index contributed by atoms with van der Waals surface area (Å²) < 4.78 is 0. The maximum atomic E-state index is 13.5. The number of rotatable bonds is 8. The van der Waals surface area contributed by atoms with Crippen LogP contribution in [0.5, 0.6) is 11.5 Å². The van der Waals surface area contributed by atoms with Crippen LogP contribution in [0.4, 0.5) is 0 Å². The Hall–Kier alpha value is -3.68. The molecular formula is C37H54N2O6. The lowest BCUT2D eigenvalue weighted by atomic mass is 9.78. The standard InChI is InChI=1S/C37H54N2O6/c1-34(2,3)24-17-22(18-25(32(24)44)35(4,5)6)13-15-29(41)39(31(43)21-28(38)40)30(42)16-14-23-19-26(36(7,8)9)33(45)27(20-23)37(10,11)12/h17-20,44-45H,13-16,21H2,1-12H3,(H2,38,40). The second-order valence-electron chi connectivity index (χ2n) is 16.2. The van der Waals surface area contributed by atoms with Gasteiger partial charge < -0.3 is 15.9 Å². The number of carbonyl (C=O) groups excluding carboxylic acids is 4. The van der Waals surface area contributed by atoms with Crippen molar-refractivity contribution in [3.05, 3.63) is 57.6 Å². The highest BCUT2D eigenvalue weighted by Gasteiger charge is 2.31. The van der Waals surface area contributed by atoms with E-state index in [1.165, 1.54) is 0 Å². The van der Waals surface area contributed by atoms with Gasteiger partial charge in [-0.05, 0) is 67.9 Å². The largest absolute Gasteiger partial charge is 0.507 e. The van der Waals surface area contributed by atoms with Crippen molar-refractivity contribution in [3.8, 4) is 11.5 Å². The second-order valence-corrected chi connectivity index (χ2v) is 16.2. The van der Waals surface area contributed by atoms with Crippen molar-refractivity contribution in [1.82, 2.24) is 4.90 Å². The molecule has 0 saturated carbocycles. The minimum Gasteiger partial charge on any atom is -0.507 e. The zero-order valence-electron chi connectivity index (χ0n) is 29.4. The highest BCUT2D eigenvalue weighted by atomic mass is 16.3. The van der Waals surface area contributed by atoms with Gasteiger partial charge in [0.2, 0.25) is 23.6 Å². The molecule has 2 aromatic rings. The third-order valence-electron chi connectivity index (χ3n) is 7.90. The molecule has 0 unspecified atom stereocenters. The smallest absolute Gasteiger partial charge is 0.245 e. The molecule has 0 spiro atoms. The molecule has 0 aromatic heterocycles. The molecule has 0 fully saturated rings. The monoisotopic (exact) mass is 622 g/mol. The van der Waals surface area contributed by atoms with Crippen LogP contribution in [0, 0.1) is 0 Å². The molecule has 0 aliphatic carbocycles. The first kappa shape index (κ1) is 37.5. The quantitative estimate of drug-likeness (QED) is 0.283. The molecule has 248 valence electrons. The normalized spacial score (nSPS) is 12.6. The van der Waals surface area contributed by atoms with Gasteiger partial charge in [-0.3, -0.25) is 19.2 Å². The predicted octanol–water partition coefficient (Wildman–Crippen LogP) is 6.61. The Morgan fingerprint density at radius 1 is 0.556 bits per heavy atom. The molecule has 0 aliphatic heterocycles. The van der Waals surface area contributed by atoms with Gasteiger partial charge in [0, 0.05) is 12.8 Å². The van der Waals surface area contributed by atoms with Crippen LogP contribution in [0.2, 0.25) is 0 Å². The fourth-order valence-electron chi connectivity index (χ4n) is 5.34. The van der Waals surface area contributed by atoms with Crippen molar-refractivity contribution in [2.75, 3.05) is 0 Å². The average Bonchev–Trinajstić information content (AvgIpc) is 2.84. The van der Waals surface area contributed by atoms with Gasteiger partial charge in [0.05, 0.1) is 0 Å². The molecular weight excluding hydrogens is 568 g/mol. The number of aromatic hydroxyl groups is 2. The Kier molecular flexibility index (Phi) is 11.1. The summed E-state index contributed by atoms with van der Waals surface area (Å²) in [4.78, 5) is 52.2. The number of hydrogen-bond donors (Lipinski definition) is 3. The summed E-state index contributed by atoms with van der Waals surface area (Å²) in [5.74, 6) is -2.88. The highest BCUT2D eigenvalue weighted by molar-refractivity contribution is 6.14. The molecule has 0 atom stereocenters. The summed E-state index contributed by atoms with van der Waals surface area (Å²) in [6.07, 6.45) is -0.631. The van der Waals surface area contributed by atoms with Crippen LogP contribution < -0.4 is 5.73 Å². The van der Waals surface area contributed by atoms with E-state index in [-0.39, 0.29) is 58.8 Å². The fraction of sp³-hybridized carbons (Fsp3) is 0.568. The summed E-state index contributed by atoms with van der Waals surface area (Å²) in [6.45, 7) is 23.9. The first-order valence-electron chi connectivity index (χ1n) is 15.7. The number of nitrogens with zero attached hydrogens (tertiary/aromatic N) is 1. The topological polar surface area (TPSA) is 138 Å². The van der Waals surface area contributed by atoms with E-state index in [0.717, 1.165) is 33.4 Å². The lowest BCUT2D eigenvalue weighted by molar-refractivity contribution is -0.154. The number of imide groups is 3. The summed E-state index contributed by atoms with van der Waals surface area (Å²) in [6, 6.07) is 7.44. The predicted molar refractivity (Wildman–Crippen MR) is 178 cm³/mol. The number of hydrogen-bond acceptors (Lipinski definition) is 6. The molecule has 4 amide bonds. The van der Waals surface area contributed by atoms with Gasteiger partial charge in [-0.2, -0.15) is 0 Å². The van der Waals surface area contributed by atoms with Crippen molar-refractivity contribution in [3.63, 3.8) is 0 Å². The van der Waals surface area contributed by atoms with Crippen LogP contribution in [0.3, 0.4) is 0 Å². The van der Waals surface area contributed by atoms with Crippen LogP contribution in [-0.2, 0) is 53.7 Å². The summed E-state index contributed by atoms with van der Waals surface area (Å²) in [5, 5.41) is 22.1. The van der Waals surface area contributed by atoms with E-state index in [9.17, 15) is 29.4 Å². The van der Waals surface area contributed by atoms with E-state index in [2.05, 4.69) is 0 Å². The van der Waals surface area contributed by atoms with Crippen LogP contribution in [0.1, 0.15) is 136 Å². The fourth-order valence-corrected chi connectivity index (χ4v) is 5.34. The Morgan fingerprint density at radius 3 is 1.04 bits per heavy atom. The molecule has 0 radical (unpaired) electrons. The van der Waals surface area contributed by atoms with E-state index in [0.29, 0.717) is 4.90 Å². The Labute approximate surface area is 269 Å². The lowest BCUT2D eigenvalue weighted by Crippen LogP contribution is -2.43. The van der Waals surface area contributed by atoms with Crippen LogP contribution in [-0.4, -0.2) is 38.7 Å². The van der Waals surface area contributed by atoms with Crippen LogP contribution in [0.25, 0.3) is 0 Å². The average molecular weight is 623 g/mol. The number of amides is 4. The Morgan fingerprint density at radius 2 is 0.822 bits per heavy atom. The number of carbonyl (C=O) groups is 4. The maximum absolute atomic E-state index is 13.5. The molecule has 0 bridgehead atoms. The van der Waals surface area contributed by atoms with Gasteiger partial charge in [0.15, 0.2) is 0 Å². The van der Waals surface area contributed by atoms with Crippen LogP contribution >= 0.6 is 0 Å². The van der Waals surface area contributed by atoms with E-state index in [4.69, 9.17) is 5.73 Å². The van der Waals surface area contributed by atoms with Crippen molar-refractivity contribution in [2.45, 2.75) is 137 Å². The molecule has 4 N–H and O–H groups in total. The number of nitrogens with two attached hydrogens (primary N) is 1. The number of benzene rings is 2. The van der Waals surface area contributed by atoms with E-state index in [1.807, 2.05) is 107 Å². The number of phenols is 2. The molecule has 8 nitrogen and oxygen atoms in total. The molecule has 0 aliphatic rings. The van der Waals surface area contributed by atoms with Gasteiger partial charge in [0.25, 0.3) is 0 Å². The van der Waals surface area contributed by atoms with E-state index < -0.39 is 30.0 Å². The first-order chi connectivity index (χ1) is 20.2. The molecule has 2 rings (SSSR count). The van der Waals surface area contributed by atoms with Crippen molar-refractivity contribution in [2.24, 2.45) is 5.73 Å². The third-order valence-corrected chi connectivity index (χ3v) is 7.90. The molecule has 2 aromatic carbocycles. The lowest BCUT2D eigenvalue weighted by Gasteiger charge is -2.28. The maximum Gasteiger partial charge on any atom is 0.245 e. The molecule has 45 heavy (non-hydrogen) atoms. The van der Waals surface area contributed by atoms with Gasteiger partial charge in [0.1, 0.15) is 17.9 Å². The molecule has 0 heterocycles. The van der Waals surface area contributed by atoms with Crippen molar-refractivity contribution < 1.29 is 29.4 Å². The molecule has 0 saturated heterocycles. The van der Waals surface area contributed by atoms with Gasteiger partial charge in [-0.25, -0.2) is 4.90 Å². The van der Waals surface area contributed by atoms with E-state index in [1.54, 1.807) is 0 Å². The third kappa shape index (κ3) is 9.65. The minimum atomic E-state index is -0.953. The summed E-state index contributed by atoms with van der Waals surface area (Å²) in [7, 11) is 0. The minimum absolute atomic E-state index is 0.157. The number of aryl methyl sites for hydroxylation is 2. The highest BCUT2D eigenvalue weighted by Crippen LogP contribution is 2.41. The van der Waals surface area contributed by atoms with E-state index >= 15 is 0 Å².